The van der Waals surface area contributed by atoms with Crippen LogP contribution in [0, 0.1) is 0 Å². The van der Waals surface area contributed by atoms with Crippen molar-refractivity contribution >= 4 is 58.0 Å². The number of hydrogen-bond donors (Lipinski definition) is 4. The number of carbonyl (C=O) groups excluding carboxylic acids is 2. The average Bonchev–Trinajstić information content (AvgIpc) is 2.73. The molecule has 2 aromatic rings. The fraction of sp³-hybridized carbons (Fsp3) is 0.286. The Hall–Kier alpha value is -2.39. The first-order valence-electron chi connectivity index (χ1n) is 9.57. The number of aliphatic hydroxyl groups excluding tert-OH is 1. The summed E-state index contributed by atoms with van der Waals surface area (Å²) in [7, 11) is 0. The molecular weight excluding hydrogens is 461 g/mol. The van der Waals surface area contributed by atoms with Crippen LogP contribution in [0.3, 0.4) is 0 Å². The van der Waals surface area contributed by atoms with E-state index in [1.807, 2.05) is 0 Å². The van der Waals surface area contributed by atoms with Crippen LogP contribution in [-0.4, -0.2) is 41.8 Å². The van der Waals surface area contributed by atoms with Crippen molar-refractivity contribution in [3.8, 4) is 5.75 Å². The second kappa shape index (κ2) is 13.1. The van der Waals surface area contributed by atoms with Crippen LogP contribution in [0.15, 0.2) is 42.5 Å². The lowest BCUT2D eigenvalue weighted by Gasteiger charge is -2.13. The highest BCUT2D eigenvalue weighted by Gasteiger charge is 2.12. The lowest BCUT2D eigenvalue weighted by atomic mass is 10.1. The molecule has 0 fully saturated rings. The normalized spacial score (nSPS) is 10.3. The molecule has 7 nitrogen and oxygen atoms in total. The highest BCUT2D eigenvalue weighted by Crippen LogP contribution is 2.27. The maximum absolute atomic E-state index is 12.3. The molecule has 2 rings (SSSR count). The molecule has 0 radical (unpaired) electrons. The van der Waals surface area contributed by atoms with Crippen molar-refractivity contribution in [1.29, 1.82) is 0 Å². The number of amides is 2. The second-order valence-electron chi connectivity index (χ2n) is 6.41. The third-order valence-corrected chi connectivity index (χ3v) is 4.73. The molecule has 166 valence electrons. The van der Waals surface area contributed by atoms with Gasteiger partial charge in [-0.25, -0.2) is 0 Å². The fourth-order valence-electron chi connectivity index (χ4n) is 2.52. The summed E-state index contributed by atoms with van der Waals surface area (Å²) < 4.78 is 5.55. The van der Waals surface area contributed by atoms with E-state index in [0.717, 1.165) is 0 Å². The third kappa shape index (κ3) is 8.70. The van der Waals surface area contributed by atoms with Gasteiger partial charge in [0.1, 0.15) is 5.75 Å². The monoisotopic (exact) mass is 483 g/mol. The van der Waals surface area contributed by atoms with Gasteiger partial charge in [-0.2, -0.15) is 0 Å². The zero-order valence-electron chi connectivity index (χ0n) is 16.6. The number of carbonyl (C=O) groups is 2. The summed E-state index contributed by atoms with van der Waals surface area (Å²) in [5.41, 5.74) is 0.847. The van der Waals surface area contributed by atoms with E-state index in [1.165, 1.54) is 0 Å². The van der Waals surface area contributed by atoms with Gasteiger partial charge in [-0.15, -0.1) is 0 Å². The van der Waals surface area contributed by atoms with E-state index in [2.05, 4.69) is 16.0 Å². The highest BCUT2D eigenvalue weighted by atomic mass is 35.5. The molecule has 4 N–H and O–H groups in total. The number of hydrogen-bond acceptors (Lipinski definition) is 5. The molecule has 0 spiro atoms. The van der Waals surface area contributed by atoms with Gasteiger partial charge < -0.3 is 25.8 Å². The minimum absolute atomic E-state index is 0.00588. The molecule has 31 heavy (non-hydrogen) atoms. The van der Waals surface area contributed by atoms with Crippen LogP contribution in [0.4, 0.5) is 5.69 Å². The van der Waals surface area contributed by atoms with Crippen LogP contribution in [0.2, 0.25) is 10.0 Å². The number of halogens is 2. The predicted molar refractivity (Wildman–Crippen MR) is 126 cm³/mol. The van der Waals surface area contributed by atoms with Crippen molar-refractivity contribution in [2.45, 2.75) is 19.3 Å². The Labute approximate surface area is 196 Å². The first-order valence-corrected chi connectivity index (χ1v) is 10.7. The molecule has 2 aromatic carbocycles. The number of anilines is 1. The molecule has 0 aliphatic carbocycles. The van der Waals surface area contributed by atoms with Crippen molar-refractivity contribution in [1.82, 2.24) is 10.6 Å². The summed E-state index contributed by atoms with van der Waals surface area (Å²) in [6.45, 7) is 0.647. The summed E-state index contributed by atoms with van der Waals surface area (Å²) in [6.07, 6.45) is 1.11. The topological polar surface area (TPSA) is 99.7 Å². The number of rotatable bonds is 10. The fourth-order valence-corrected chi connectivity index (χ4v) is 3.20. The van der Waals surface area contributed by atoms with Gasteiger partial charge in [-0.1, -0.05) is 35.3 Å². The summed E-state index contributed by atoms with van der Waals surface area (Å²) in [5, 5.41) is 18.0. The van der Waals surface area contributed by atoms with Crippen LogP contribution >= 0.6 is 35.4 Å². The van der Waals surface area contributed by atoms with E-state index in [9.17, 15) is 9.59 Å². The summed E-state index contributed by atoms with van der Waals surface area (Å²) >= 11 is 17.1. The predicted octanol–water partition coefficient (Wildman–Crippen LogP) is 3.78. The molecule has 0 unspecified atom stereocenters. The van der Waals surface area contributed by atoms with Gasteiger partial charge in [0, 0.05) is 24.6 Å². The molecule has 0 heterocycles. The molecule has 0 atom stereocenters. The number of thiocarbonyl (C=S) groups is 1. The summed E-state index contributed by atoms with van der Waals surface area (Å²) in [5.74, 6) is -0.0885. The molecule has 0 aliphatic heterocycles. The Bertz CT molecular complexity index is 927. The van der Waals surface area contributed by atoms with E-state index < -0.39 is 0 Å². The SMILES string of the molecule is O=C(CCCOc1ccc(Cl)cc1Cl)NC(=S)Nc1ccccc1C(=O)NCCCO. The Morgan fingerprint density at radius 1 is 1.10 bits per heavy atom. The van der Waals surface area contributed by atoms with Crippen LogP contribution < -0.4 is 20.7 Å². The van der Waals surface area contributed by atoms with E-state index in [-0.39, 0.29) is 30.0 Å². The van der Waals surface area contributed by atoms with E-state index in [1.54, 1.807) is 42.5 Å². The molecule has 2 amide bonds. The van der Waals surface area contributed by atoms with Crippen LogP contribution in [-0.2, 0) is 4.79 Å². The van der Waals surface area contributed by atoms with E-state index >= 15 is 0 Å². The van der Waals surface area contributed by atoms with Gasteiger partial charge in [0.05, 0.1) is 22.9 Å². The molecule has 0 aliphatic rings. The Balaban J connectivity index is 1.78. The van der Waals surface area contributed by atoms with E-state index in [0.29, 0.717) is 53.0 Å². The van der Waals surface area contributed by atoms with Crippen molar-refractivity contribution in [2.75, 3.05) is 25.1 Å². The van der Waals surface area contributed by atoms with Crippen LogP contribution in [0.25, 0.3) is 0 Å². The minimum atomic E-state index is -0.302. The minimum Gasteiger partial charge on any atom is -0.492 e. The molecule has 0 saturated heterocycles. The van der Waals surface area contributed by atoms with Crippen molar-refractivity contribution in [2.24, 2.45) is 0 Å². The maximum Gasteiger partial charge on any atom is 0.253 e. The van der Waals surface area contributed by atoms with E-state index in [4.69, 9.17) is 45.3 Å². The van der Waals surface area contributed by atoms with Crippen LogP contribution in [0.1, 0.15) is 29.6 Å². The molecule has 0 saturated carbocycles. The number of nitrogens with one attached hydrogen (secondary N) is 3. The summed E-state index contributed by atoms with van der Waals surface area (Å²) in [4.78, 5) is 24.4. The first-order chi connectivity index (χ1) is 14.9. The van der Waals surface area contributed by atoms with Gasteiger partial charge in [-0.3, -0.25) is 9.59 Å². The van der Waals surface area contributed by atoms with Gasteiger partial charge in [0.25, 0.3) is 5.91 Å². The quantitative estimate of drug-likeness (QED) is 0.303. The number of para-hydroxylation sites is 1. The number of aliphatic hydroxyl groups is 1. The van der Waals surface area contributed by atoms with Crippen molar-refractivity contribution < 1.29 is 19.4 Å². The second-order valence-corrected chi connectivity index (χ2v) is 7.66. The smallest absolute Gasteiger partial charge is 0.253 e. The highest BCUT2D eigenvalue weighted by molar-refractivity contribution is 7.80. The Morgan fingerprint density at radius 3 is 2.61 bits per heavy atom. The first kappa shape index (κ1) is 24.9. The average molecular weight is 484 g/mol. The number of ether oxygens (including phenoxy) is 1. The lowest BCUT2D eigenvalue weighted by molar-refractivity contribution is -0.119. The van der Waals surface area contributed by atoms with Gasteiger partial charge >= 0.3 is 0 Å². The third-order valence-electron chi connectivity index (χ3n) is 3.99. The molecule has 0 aromatic heterocycles. The Morgan fingerprint density at radius 2 is 1.87 bits per heavy atom. The van der Waals surface area contributed by atoms with Crippen LogP contribution in [0.5, 0.6) is 5.75 Å². The standard InChI is InChI=1S/C21H23Cl2N3O4S/c22-14-8-9-18(16(23)13-14)30-12-3-7-19(28)26-21(31)25-17-6-2-1-5-15(17)20(29)24-10-4-11-27/h1-2,5-6,8-9,13,27H,3-4,7,10-12H2,(H,24,29)(H2,25,26,28,31). The van der Waals surface area contributed by atoms with Gasteiger partial charge in [-0.05, 0) is 55.4 Å². The van der Waals surface area contributed by atoms with Gasteiger partial charge in [0.2, 0.25) is 5.91 Å². The Kier molecular flexibility index (Phi) is 10.5. The number of benzene rings is 2. The van der Waals surface area contributed by atoms with Gasteiger partial charge in [0.15, 0.2) is 5.11 Å². The van der Waals surface area contributed by atoms with Crippen molar-refractivity contribution in [3.05, 3.63) is 58.1 Å². The zero-order valence-corrected chi connectivity index (χ0v) is 18.9. The molecule has 10 heteroatoms. The molecule has 0 bridgehead atoms. The molecular formula is C21H23Cl2N3O4S. The maximum atomic E-state index is 12.3. The summed E-state index contributed by atoms with van der Waals surface area (Å²) in [6, 6.07) is 11.7. The lowest BCUT2D eigenvalue weighted by Crippen LogP contribution is -2.35. The largest absolute Gasteiger partial charge is 0.492 e. The zero-order chi connectivity index (χ0) is 22.6. The van der Waals surface area contributed by atoms with Crippen molar-refractivity contribution in [3.63, 3.8) is 0 Å².